The van der Waals surface area contributed by atoms with E-state index in [1.54, 1.807) is 4.73 Å². The molecule has 3 heteroatoms. The SMILES string of the molecule is CC(C)(C)C1CCC(On2ccccc2=S)CC1. The predicted molar refractivity (Wildman–Crippen MR) is 77.0 cm³/mol. The van der Waals surface area contributed by atoms with Crippen molar-refractivity contribution in [3.8, 4) is 0 Å². The summed E-state index contributed by atoms with van der Waals surface area (Å²) in [5, 5.41) is 0. The summed E-state index contributed by atoms with van der Waals surface area (Å²) in [6.07, 6.45) is 7.01. The number of pyridine rings is 1. The summed E-state index contributed by atoms with van der Waals surface area (Å²) < 4.78 is 2.48. The highest BCUT2D eigenvalue weighted by molar-refractivity contribution is 7.71. The van der Waals surface area contributed by atoms with Gasteiger partial charge >= 0.3 is 0 Å². The van der Waals surface area contributed by atoms with E-state index in [-0.39, 0.29) is 0 Å². The fourth-order valence-corrected chi connectivity index (χ4v) is 2.88. The molecule has 0 bridgehead atoms. The average Bonchev–Trinajstić information content (AvgIpc) is 2.32. The Labute approximate surface area is 115 Å². The van der Waals surface area contributed by atoms with Crippen molar-refractivity contribution in [1.82, 2.24) is 4.73 Å². The Morgan fingerprint density at radius 2 is 1.83 bits per heavy atom. The quantitative estimate of drug-likeness (QED) is 0.742. The van der Waals surface area contributed by atoms with Gasteiger partial charge in [-0.2, -0.15) is 4.73 Å². The van der Waals surface area contributed by atoms with Crippen LogP contribution in [0.3, 0.4) is 0 Å². The standard InChI is InChI=1S/C15H23NOS/c1-15(2,3)12-7-9-13(10-8-12)17-16-11-5-4-6-14(16)18/h4-6,11-13H,7-10H2,1-3H3. The lowest BCUT2D eigenvalue weighted by atomic mass is 9.72. The Morgan fingerprint density at radius 1 is 1.17 bits per heavy atom. The van der Waals surface area contributed by atoms with Crippen LogP contribution >= 0.6 is 12.2 Å². The van der Waals surface area contributed by atoms with Gasteiger partial charge in [0.15, 0.2) is 0 Å². The van der Waals surface area contributed by atoms with Gasteiger partial charge in [0.2, 0.25) is 0 Å². The smallest absolute Gasteiger partial charge is 0.142 e. The maximum Gasteiger partial charge on any atom is 0.142 e. The number of hydrogen-bond acceptors (Lipinski definition) is 2. The fraction of sp³-hybridized carbons (Fsp3) is 0.667. The maximum atomic E-state index is 5.96. The molecule has 1 aliphatic rings. The second-order valence-corrected chi connectivity index (χ2v) is 6.73. The van der Waals surface area contributed by atoms with Crippen molar-refractivity contribution in [2.45, 2.75) is 52.6 Å². The lowest BCUT2D eigenvalue weighted by molar-refractivity contribution is -0.00871. The van der Waals surface area contributed by atoms with Crippen LogP contribution in [0.15, 0.2) is 24.4 Å². The number of rotatable bonds is 2. The topological polar surface area (TPSA) is 14.2 Å². The molecule has 0 aliphatic heterocycles. The van der Waals surface area contributed by atoms with E-state index in [0.717, 1.165) is 23.4 Å². The van der Waals surface area contributed by atoms with Crippen LogP contribution in [0.1, 0.15) is 46.5 Å². The van der Waals surface area contributed by atoms with Crippen LogP contribution in [-0.4, -0.2) is 10.8 Å². The van der Waals surface area contributed by atoms with Gasteiger partial charge < -0.3 is 4.84 Å². The van der Waals surface area contributed by atoms with Crippen molar-refractivity contribution in [3.05, 3.63) is 29.0 Å². The minimum atomic E-state index is 0.317. The molecule has 2 nitrogen and oxygen atoms in total. The van der Waals surface area contributed by atoms with Crippen LogP contribution in [-0.2, 0) is 0 Å². The molecule has 0 aromatic carbocycles. The van der Waals surface area contributed by atoms with Crippen molar-refractivity contribution in [3.63, 3.8) is 0 Å². The molecule has 1 fully saturated rings. The van der Waals surface area contributed by atoms with Crippen molar-refractivity contribution in [1.29, 1.82) is 0 Å². The van der Waals surface area contributed by atoms with Crippen LogP contribution in [0.4, 0.5) is 0 Å². The highest BCUT2D eigenvalue weighted by Gasteiger charge is 2.30. The summed E-state index contributed by atoms with van der Waals surface area (Å²) in [6, 6.07) is 5.80. The van der Waals surface area contributed by atoms with Gasteiger partial charge in [-0.15, -0.1) is 0 Å². The van der Waals surface area contributed by atoms with Crippen molar-refractivity contribution >= 4 is 12.2 Å². The molecular weight excluding hydrogens is 242 g/mol. The first-order chi connectivity index (χ1) is 8.47. The molecular formula is C15H23NOS. The lowest BCUT2D eigenvalue weighted by Gasteiger charge is -2.36. The van der Waals surface area contributed by atoms with Gasteiger partial charge in [-0.3, -0.25) is 0 Å². The summed E-state index contributed by atoms with van der Waals surface area (Å²) in [7, 11) is 0. The molecule has 0 radical (unpaired) electrons. The number of hydrogen-bond donors (Lipinski definition) is 0. The van der Waals surface area contributed by atoms with E-state index in [0.29, 0.717) is 11.5 Å². The molecule has 0 N–H and O–H groups in total. The molecule has 0 saturated heterocycles. The van der Waals surface area contributed by atoms with Gasteiger partial charge in [0, 0.05) is 6.20 Å². The molecule has 18 heavy (non-hydrogen) atoms. The molecule has 1 aliphatic carbocycles. The molecule has 100 valence electrons. The predicted octanol–water partition coefficient (Wildman–Crippen LogP) is 4.25. The van der Waals surface area contributed by atoms with E-state index < -0.39 is 0 Å². The average molecular weight is 265 g/mol. The second kappa shape index (κ2) is 5.43. The number of nitrogens with zero attached hydrogens (tertiary/aromatic N) is 1. The first kappa shape index (κ1) is 13.6. The van der Waals surface area contributed by atoms with Crippen LogP contribution < -0.4 is 4.84 Å². The summed E-state index contributed by atoms with van der Waals surface area (Å²) in [5.41, 5.74) is 0.425. The van der Waals surface area contributed by atoms with Gasteiger partial charge in [0.1, 0.15) is 10.7 Å². The Kier molecular flexibility index (Phi) is 4.10. The zero-order chi connectivity index (χ0) is 13.2. The van der Waals surface area contributed by atoms with E-state index in [9.17, 15) is 0 Å². The van der Waals surface area contributed by atoms with Crippen molar-refractivity contribution < 1.29 is 4.84 Å². The molecule has 1 aromatic heterocycles. The Hall–Kier alpha value is -0.830. The van der Waals surface area contributed by atoms with Crippen molar-refractivity contribution in [2.24, 2.45) is 11.3 Å². The van der Waals surface area contributed by atoms with Crippen LogP contribution in [0.25, 0.3) is 0 Å². The highest BCUT2D eigenvalue weighted by atomic mass is 32.1. The Morgan fingerprint density at radius 3 is 2.39 bits per heavy atom. The molecule has 1 aromatic rings. The molecule has 0 amide bonds. The summed E-state index contributed by atoms with van der Waals surface area (Å²) in [5.74, 6) is 0.820. The van der Waals surface area contributed by atoms with E-state index in [1.807, 2.05) is 24.4 Å². The van der Waals surface area contributed by atoms with Crippen LogP contribution in [0, 0.1) is 16.0 Å². The van der Waals surface area contributed by atoms with Gasteiger partial charge in [0.25, 0.3) is 0 Å². The summed E-state index contributed by atoms with van der Waals surface area (Å²) in [4.78, 5) is 5.96. The first-order valence-electron chi connectivity index (χ1n) is 6.81. The first-order valence-corrected chi connectivity index (χ1v) is 7.22. The van der Waals surface area contributed by atoms with E-state index in [2.05, 4.69) is 20.8 Å². The summed E-state index contributed by atoms with van der Waals surface area (Å²) >= 11 is 5.24. The zero-order valence-electron chi connectivity index (χ0n) is 11.6. The highest BCUT2D eigenvalue weighted by Crippen LogP contribution is 2.37. The molecule has 1 heterocycles. The van der Waals surface area contributed by atoms with E-state index >= 15 is 0 Å². The largest absolute Gasteiger partial charge is 0.410 e. The third-order valence-corrected chi connectivity index (χ3v) is 4.27. The van der Waals surface area contributed by atoms with Gasteiger partial charge in [-0.1, -0.05) is 39.1 Å². The van der Waals surface area contributed by atoms with Gasteiger partial charge in [-0.25, -0.2) is 0 Å². The third-order valence-electron chi connectivity index (χ3n) is 3.95. The Bertz CT molecular complexity index is 438. The molecule has 0 unspecified atom stereocenters. The fourth-order valence-electron chi connectivity index (χ4n) is 2.69. The molecule has 1 saturated carbocycles. The molecule has 0 atom stereocenters. The molecule has 0 spiro atoms. The van der Waals surface area contributed by atoms with Crippen LogP contribution in [0.2, 0.25) is 0 Å². The minimum absolute atomic E-state index is 0.317. The minimum Gasteiger partial charge on any atom is -0.410 e. The number of aromatic nitrogens is 1. The maximum absolute atomic E-state index is 5.96. The second-order valence-electron chi connectivity index (χ2n) is 6.31. The third kappa shape index (κ3) is 3.35. The Balaban J connectivity index is 1.92. The van der Waals surface area contributed by atoms with E-state index in [4.69, 9.17) is 17.1 Å². The monoisotopic (exact) mass is 265 g/mol. The van der Waals surface area contributed by atoms with Gasteiger partial charge in [0.05, 0.1) is 0 Å². The zero-order valence-corrected chi connectivity index (χ0v) is 12.4. The van der Waals surface area contributed by atoms with Crippen LogP contribution in [0.5, 0.6) is 0 Å². The van der Waals surface area contributed by atoms with Gasteiger partial charge in [-0.05, 0) is 49.1 Å². The lowest BCUT2D eigenvalue weighted by Crippen LogP contribution is -2.33. The normalized spacial score (nSPS) is 24.8. The van der Waals surface area contributed by atoms with E-state index in [1.165, 1.54) is 12.8 Å². The molecule has 2 rings (SSSR count). The van der Waals surface area contributed by atoms with Crippen molar-refractivity contribution in [2.75, 3.05) is 0 Å². The summed E-state index contributed by atoms with van der Waals surface area (Å²) in [6.45, 7) is 7.02.